The molecule has 4 aromatic rings. The molecule has 0 bridgehead atoms. The molecule has 9 heteroatoms. The Labute approximate surface area is 205 Å². The summed E-state index contributed by atoms with van der Waals surface area (Å²) in [6.07, 6.45) is 3.68. The van der Waals surface area contributed by atoms with E-state index in [1.54, 1.807) is 23.0 Å². The van der Waals surface area contributed by atoms with E-state index in [-0.39, 0.29) is 18.0 Å². The number of pyridine rings is 1. The summed E-state index contributed by atoms with van der Waals surface area (Å²) in [5.41, 5.74) is 5.38. The van der Waals surface area contributed by atoms with Crippen molar-refractivity contribution in [2.45, 2.75) is 65.0 Å². The quantitative estimate of drug-likeness (QED) is 0.237. The van der Waals surface area contributed by atoms with Crippen LogP contribution >= 0.6 is 0 Å². The topological polar surface area (TPSA) is 67.0 Å². The number of aromatic nitrogens is 5. The molecule has 35 heavy (non-hydrogen) atoms. The predicted molar refractivity (Wildman–Crippen MR) is 137 cm³/mol. The van der Waals surface area contributed by atoms with Gasteiger partial charge in [0.1, 0.15) is 18.2 Å². The lowest BCUT2D eigenvalue weighted by Crippen LogP contribution is -2.29. The Morgan fingerprint density at radius 1 is 1.14 bits per heavy atom. The van der Waals surface area contributed by atoms with E-state index in [9.17, 15) is 4.39 Å². The lowest BCUT2D eigenvalue weighted by atomic mass is 9.97. The molecule has 7 nitrogen and oxygen atoms in total. The number of rotatable bonds is 7. The fraction of sp³-hybridized carbons (Fsp3) is 0.423. The highest BCUT2D eigenvalue weighted by Crippen LogP contribution is 2.41. The highest BCUT2D eigenvalue weighted by atomic mass is 28.3. The molecule has 0 aliphatic carbocycles. The third kappa shape index (κ3) is 4.68. The van der Waals surface area contributed by atoms with Crippen LogP contribution in [-0.4, -0.2) is 45.3 Å². The van der Waals surface area contributed by atoms with Crippen molar-refractivity contribution < 1.29 is 13.9 Å². The molecule has 1 aromatic carbocycles. The number of halogens is 1. The van der Waals surface area contributed by atoms with E-state index >= 15 is 0 Å². The van der Waals surface area contributed by atoms with Gasteiger partial charge in [0, 0.05) is 37.4 Å². The van der Waals surface area contributed by atoms with Crippen molar-refractivity contribution in [1.29, 1.82) is 0 Å². The van der Waals surface area contributed by atoms with Crippen LogP contribution in [0.1, 0.15) is 25.6 Å². The minimum atomic E-state index is -1.16. The molecule has 0 radical (unpaired) electrons. The van der Waals surface area contributed by atoms with E-state index in [1.807, 2.05) is 12.3 Å². The molecule has 1 aliphatic heterocycles. The molecule has 0 fully saturated rings. The summed E-state index contributed by atoms with van der Waals surface area (Å²) in [5.74, 6) is -0.272. The maximum absolute atomic E-state index is 13.7. The summed E-state index contributed by atoms with van der Waals surface area (Å²) in [6, 6.07) is 9.66. The highest BCUT2D eigenvalue weighted by Gasteiger charge is 2.31. The first kappa shape index (κ1) is 23.8. The first-order valence-corrected chi connectivity index (χ1v) is 15.8. The first-order chi connectivity index (χ1) is 16.7. The van der Waals surface area contributed by atoms with Gasteiger partial charge in [-0.25, -0.2) is 14.1 Å². The molecule has 5 rings (SSSR count). The third-order valence-corrected chi connectivity index (χ3v) is 8.40. The first-order valence-electron chi connectivity index (χ1n) is 12.1. The third-order valence-electron chi connectivity index (χ3n) is 6.69. The molecule has 184 valence electrons. The Kier molecular flexibility index (Phi) is 6.33. The number of hydrogen-bond donors (Lipinski definition) is 0. The second-order valence-electron chi connectivity index (χ2n) is 10.5. The van der Waals surface area contributed by atoms with Crippen LogP contribution in [0.25, 0.3) is 33.4 Å². The summed E-state index contributed by atoms with van der Waals surface area (Å²) in [5, 5.41) is 10.5. The van der Waals surface area contributed by atoms with Crippen molar-refractivity contribution in [3.63, 3.8) is 0 Å². The molecular formula is C26H32FN5O2Si. The van der Waals surface area contributed by atoms with Gasteiger partial charge in [0.2, 0.25) is 0 Å². The van der Waals surface area contributed by atoms with Crippen LogP contribution < -0.4 is 0 Å². The lowest BCUT2D eigenvalue weighted by molar-refractivity contribution is -0.0101. The van der Waals surface area contributed by atoms with E-state index in [0.717, 1.165) is 51.8 Å². The van der Waals surface area contributed by atoms with Crippen molar-refractivity contribution >= 4 is 19.1 Å². The Balaban J connectivity index is 1.58. The second-order valence-corrected chi connectivity index (χ2v) is 16.1. The van der Waals surface area contributed by atoms with E-state index in [2.05, 4.69) is 48.3 Å². The highest BCUT2D eigenvalue weighted by molar-refractivity contribution is 6.76. The number of ether oxygens (including phenoxy) is 2. The van der Waals surface area contributed by atoms with Crippen molar-refractivity contribution in [2.75, 3.05) is 6.61 Å². The Hall–Kier alpha value is -2.88. The zero-order valence-electron chi connectivity index (χ0n) is 21.0. The average Bonchev–Trinajstić information content (AvgIpc) is 3.41. The summed E-state index contributed by atoms with van der Waals surface area (Å²) in [7, 11) is -1.16. The Morgan fingerprint density at radius 2 is 1.91 bits per heavy atom. The van der Waals surface area contributed by atoms with Gasteiger partial charge >= 0.3 is 0 Å². The summed E-state index contributed by atoms with van der Waals surface area (Å²) < 4.78 is 29.6. The van der Waals surface area contributed by atoms with E-state index < -0.39 is 8.07 Å². The second kappa shape index (κ2) is 9.29. The van der Waals surface area contributed by atoms with Crippen LogP contribution in [0.15, 0.2) is 42.7 Å². The number of hydrogen-bond acceptors (Lipinski definition) is 5. The zero-order valence-corrected chi connectivity index (χ0v) is 22.0. The molecular weight excluding hydrogens is 461 g/mol. The van der Waals surface area contributed by atoms with Crippen molar-refractivity contribution in [2.24, 2.45) is 0 Å². The van der Waals surface area contributed by atoms with Crippen LogP contribution in [0.4, 0.5) is 4.39 Å². The molecule has 2 atom stereocenters. The van der Waals surface area contributed by atoms with Gasteiger partial charge < -0.3 is 9.47 Å². The molecule has 0 saturated carbocycles. The minimum absolute atomic E-state index is 0.0461. The van der Waals surface area contributed by atoms with E-state index in [1.165, 1.54) is 12.1 Å². The van der Waals surface area contributed by atoms with Crippen LogP contribution in [0.3, 0.4) is 0 Å². The minimum Gasteiger partial charge on any atom is -0.370 e. The summed E-state index contributed by atoms with van der Waals surface area (Å²) >= 11 is 0. The molecule has 2 unspecified atom stereocenters. The van der Waals surface area contributed by atoms with Gasteiger partial charge in [0.05, 0.1) is 30.6 Å². The largest absolute Gasteiger partial charge is 0.370 e. The van der Waals surface area contributed by atoms with Crippen LogP contribution in [0, 0.1) is 5.82 Å². The van der Waals surface area contributed by atoms with Gasteiger partial charge in [-0.2, -0.15) is 10.2 Å². The summed E-state index contributed by atoms with van der Waals surface area (Å²) in [4.78, 5) is 4.61. The molecule has 0 N–H and O–H groups in total. The van der Waals surface area contributed by atoms with E-state index in [0.29, 0.717) is 13.3 Å². The maximum atomic E-state index is 13.7. The molecule has 1 aliphatic rings. The van der Waals surface area contributed by atoms with E-state index in [4.69, 9.17) is 14.6 Å². The smallest absolute Gasteiger partial charge is 0.160 e. The number of fused-ring (bicyclic) bond motifs is 2. The molecule has 4 heterocycles. The predicted octanol–water partition coefficient (Wildman–Crippen LogP) is 5.89. The molecule has 3 aromatic heterocycles. The van der Waals surface area contributed by atoms with Crippen LogP contribution in [0.5, 0.6) is 0 Å². The Morgan fingerprint density at radius 3 is 2.66 bits per heavy atom. The van der Waals surface area contributed by atoms with Gasteiger partial charge in [0.25, 0.3) is 0 Å². The molecule has 0 saturated heterocycles. The van der Waals surface area contributed by atoms with Crippen molar-refractivity contribution in [3.05, 3.63) is 54.2 Å². The van der Waals surface area contributed by atoms with Crippen LogP contribution in [0.2, 0.25) is 25.7 Å². The molecule has 0 spiro atoms. The van der Waals surface area contributed by atoms with Crippen LogP contribution in [-0.2, 0) is 22.8 Å². The van der Waals surface area contributed by atoms with Gasteiger partial charge in [-0.15, -0.1) is 0 Å². The van der Waals surface area contributed by atoms with Crippen molar-refractivity contribution in [3.8, 4) is 22.4 Å². The maximum Gasteiger partial charge on any atom is 0.160 e. The van der Waals surface area contributed by atoms with Crippen molar-refractivity contribution in [1.82, 2.24) is 24.5 Å². The summed E-state index contributed by atoms with van der Waals surface area (Å²) in [6.45, 7) is 12.7. The average molecular weight is 494 g/mol. The monoisotopic (exact) mass is 493 g/mol. The van der Waals surface area contributed by atoms with Gasteiger partial charge in [-0.1, -0.05) is 19.6 Å². The fourth-order valence-electron chi connectivity index (χ4n) is 4.40. The number of benzene rings is 1. The van der Waals surface area contributed by atoms with Gasteiger partial charge in [0.15, 0.2) is 5.65 Å². The van der Waals surface area contributed by atoms with Gasteiger partial charge in [-0.3, -0.25) is 4.68 Å². The molecule has 0 amide bonds. The normalized spacial score (nSPS) is 18.2. The zero-order chi connectivity index (χ0) is 24.7. The number of nitrogens with zero attached hydrogens (tertiary/aromatic N) is 5. The lowest BCUT2D eigenvalue weighted by Gasteiger charge is -2.28. The van der Waals surface area contributed by atoms with Gasteiger partial charge in [-0.05, 0) is 55.8 Å². The SMILES string of the molecule is CC1OCc2c(-c3ccnc4c3cnn4COCC[Si](C)(C)C)c(-c3ccc(F)cc3)nn2C1C. The Bertz CT molecular complexity index is 1340. The fourth-order valence-corrected chi connectivity index (χ4v) is 5.16. The standard InChI is InChI=1S/C26H32FN5O2Si/c1-17-18(2)34-15-23-24(25(30-32(17)23)19-6-8-20(27)9-7-19)21-10-11-28-26-22(21)14-29-31(26)16-33-12-13-35(3,4)5/h6-11,14,17-18H,12-13,15-16H2,1-5H3.